The van der Waals surface area contributed by atoms with Gasteiger partial charge in [0.05, 0.1) is 11.1 Å². The van der Waals surface area contributed by atoms with E-state index in [1.165, 1.54) is 0 Å². The molecule has 2 rings (SSSR count). The van der Waals surface area contributed by atoms with Crippen LogP contribution in [0.4, 0.5) is 26.3 Å². The summed E-state index contributed by atoms with van der Waals surface area (Å²) in [5, 5.41) is 1.20. The molecule has 0 amide bonds. The molecule has 0 nitrogen and oxygen atoms in total. The Bertz CT molecular complexity index is 690. The van der Waals surface area contributed by atoms with E-state index in [1.807, 2.05) is 32.2 Å². The monoisotopic (exact) mass is 392 g/mol. The summed E-state index contributed by atoms with van der Waals surface area (Å²) in [7, 11) is -2.66. The molecule has 0 atom stereocenters. The van der Waals surface area contributed by atoms with Crippen molar-refractivity contribution in [2.45, 2.75) is 58.1 Å². The number of unbranched alkanes of at least 4 members (excludes halogenated alkanes) is 1. The van der Waals surface area contributed by atoms with Gasteiger partial charge in [-0.2, -0.15) is 26.3 Å². The van der Waals surface area contributed by atoms with Gasteiger partial charge in [0.1, 0.15) is 8.07 Å². The minimum atomic E-state index is -4.81. The Morgan fingerprint density at radius 2 is 1.46 bits per heavy atom. The molecule has 0 saturated heterocycles. The fraction of sp³-hybridized carbons (Fsp3) is 0.474. The maximum Gasteiger partial charge on any atom is 0.416 e. The second kappa shape index (κ2) is 7.25. The van der Waals surface area contributed by atoms with E-state index in [1.54, 1.807) is 0 Å². The van der Waals surface area contributed by atoms with Crippen molar-refractivity contribution < 1.29 is 26.3 Å². The number of benzene rings is 1. The van der Waals surface area contributed by atoms with Crippen LogP contribution in [0.1, 0.15) is 43.7 Å². The molecule has 1 aliphatic rings. The molecule has 1 aliphatic carbocycles. The molecule has 144 valence electrons. The SMILES string of the molecule is CCCCC1=C([Si](C)(C)c2cc(C(F)(F)F)cc(C(F)(F)F)c2)CC=C1. The molecule has 1 aromatic carbocycles. The van der Waals surface area contributed by atoms with Crippen LogP contribution in [0, 0.1) is 0 Å². The highest BCUT2D eigenvalue weighted by Gasteiger charge is 2.40. The molecule has 7 heteroatoms. The number of allylic oxidation sites excluding steroid dienone is 4. The molecule has 0 aliphatic heterocycles. The van der Waals surface area contributed by atoms with Gasteiger partial charge in [0, 0.05) is 0 Å². The zero-order chi connectivity index (χ0) is 19.8. The van der Waals surface area contributed by atoms with Crippen LogP contribution in [0.25, 0.3) is 0 Å². The van der Waals surface area contributed by atoms with Crippen LogP contribution < -0.4 is 5.19 Å². The second-order valence-corrected chi connectivity index (χ2v) is 11.6. The van der Waals surface area contributed by atoms with Crippen LogP contribution in [0.2, 0.25) is 13.1 Å². The normalized spacial score (nSPS) is 15.9. The summed E-state index contributed by atoms with van der Waals surface area (Å²) < 4.78 is 79.0. The number of halogens is 6. The van der Waals surface area contributed by atoms with Gasteiger partial charge in [0.15, 0.2) is 0 Å². The fourth-order valence-electron chi connectivity index (χ4n) is 3.30. The Morgan fingerprint density at radius 3 is 1.92 bits per heavy atom. The topological polar surface area (TPSA) is 0 Å². The van der Waals surface area contributed by atoms with E-state index in [0.29, 0.717) is 6.42 Å². The maximum atomic E-state index is 13.2. The summed E-state index contributed by atoms with van der Waals surface area (Å²) in [5.41, 5.74) is -1.39. The Hall–Kier alpha value is -1.50. The Labute approximate surface area is 150 Å². The van der Waals surface area contributed by atoms with Crippen LogP contribution in [-0.4, -0.2) is 8.07 Å². The quantitative estimate of drug-likeness (QED) is 0.390. The lowest BCUT2D eigenvalue weighted by molar-refractivity contribution is -0.142. The van der Waals surface area contributed by atoms with Gasteiger partial charge in [-0.15, -0.1) is 0 Å². The lowest BCUT2D eigenvalue weighted by Crippen LogP contribution is -2.45. The molecule has 0 unspecified atom stereocenters. The molecular formula is C19H22F6Si. The first-order valence-corrected chi connectivity index (χ1v) is 11.6. The molecule has 1 aromatic rings. The Balaban J connectivity index is 2.58. The van der Waals surface area contributed by atoms with Crippen molar-refractivity contribution in [3.05, 3.63) is 52.2 Å². The third kappa shape index (κ3) is 4.42. The minimum Gasteiger partial charge on any atom is -0.166 e. The average molecular weight is 392 g/mol. The molecule has 0 aromatic heterocycles. The standard InChI is InChI=1S/C19H22F6Si/c1-4-5-7-13-8-6-9-17(13)26(2,3)16-11-14(18(20,21)22)10-15(12-16)19(23,24)25/h6,8,10-12H,4-5,7,9H2,1-3H3. The van der Waals surface area contributed by atoms with Gasteiger partial charge in [-0.05, 0) is 25.3 Å². The van der Waals surface area contributed by atoms with Crippen molar-refractivity contribution in [1.82, 2.24) is 0 Å². The average Bonchev–Trinajstić information content (AvgIpc) is 3.00. The molecule has 0 radical (unpaired) electrons. The minimum absolute atomic E-state index is 0.173. The Morgan fingerprint density at radius 1 is 0.923 bits per heavy atom. The molecule has 0 saturated carbocycles. The molecular weight excluding hydrogens is 370 g/mol. The first-order valence-electron chi connectivity index (χ1n) is 8.56. The molecule has 26 heavy (non-hydrogen) atoms. The summed E-state index contributed by atoms with van der Waals surface area (Å²) in [6, 6.07) is 2.02. The van der Waals surface area contributed by atoms with E-state index in [2.05, 4.69) is 0 Å². The number of hydrogen-bond acceptors (Lipinski definition) is 0. The predicted molar refractivity (Wildman–Crippen MR) is 93.9 cm³/mol. The largest absolute Gasteiger partial charge is 0.416 e. The highest BCUT2D eigenvalue weighted by molar-refractivity contribution is 6.95. The molecule has 0 heterocycles. The highest BCUT2D eigenvalue weighted by atomic mass is 28.3. The van der Waals surface area contributed by atoms with Crippen molar-refractivity contribution in [1.29, 1.82) is 0 Å². The summed E-state index contributed by atoms with van der Waals surface area (Å²) in [4.78, 5) is 0. The van der Waals surface area contributed by atoms with Crippen molar-refractivity contribution in [3.8, 4) is 0 Å². The second-order valence-electron chi connectivity index (χ2n) is 7.13. The van der Waals surface area contributed by atoms with E-state index in [0.717, 1.165) is 42.2 Å². The van der Waals surface area contributed by atoms with E-state index < -0.39 is 31.6 Å². The highest BCUT2D eigenvalue weighted by Crippen LogP contribution is 2.37. The van der Waals surface area contributed by atoms with Crippen LogP contribution in [0.3, 0.4) is 0 Å². The van der Waals surface area contributed by atoms with E-state index >= 15 is 0 Å². The summed E-state index contributed by atoms with van der Waals surface area (Å²) >= 11 is 0. The summed E-state index contributed by atoms with van der Waals surface area (Å²) in [6.45, 7) is 5.71. The van der Waals surface area contributed by atoms with Crippen LogP contribution in [0.5, 0.6) is 0 Å². The predicted octanol–water partition coefficient (Wildman–Crippen LogP) is 6.63. The van der Waals surface area contributed by atoms with Crippen LogP contribution in [-0.2, 0) is 12.4 Å². The fourth-order valence-corrected chi connectivity index (χ4v) is 6.32. The van der Waals surface area contributed by atoms with Gasteiger partial charge < -0.3 is 0 Å². The van der Waals surface area contributed by atoms with Crippen molar-refractivity contribution in [3.63, 3.8) is 0 Å². The van der Waals surface area contributed by atoms with E-state index in [9.17, 15) is 26.3 Å². The first kappa shape index (κ1) is 20.8. The van der Waals surface area contributed by atoms with E-state index in [-0.39, 0.29) is 11.3 Å². The van der Waals surface area contributed by atoms with Crippen molar-refractivity contribution in [2.24, 2.45) is 0 Å². The summed E-state index contributed by atoms with van der Waals surface area (Å²) in [5.74, 6) is 0. The van der Waals surface area contributed by atoms with Gasteiger partial charge in [-0.3, -0.25) is 0 Å². The van der Waals surface area contributed by atoms with Crippen molar-refractivity contribution in [2.75, 3.05) is 0 Å². The Kier molecular flexibility index (Phi) is 5.80. The van der Waals surface area contributed by atoms with Gasteiger partial charge in [-0.1, -0.05) is 66.7 Å². The number of rotatable bonds is 5. The smallest absolute Gasteiger partial charge is 0.166 e. The maximum absolute atomic E-state index is 13.2. The summed E-state index contributed by atoms with van der Waals surface area (Å²) in [6.07, 6.45) is -2.36. The van der Waals surface area contributed by atoms with Gasteiger partial charge in [-0.25, -0.2) is 0 Å². The number of alkyl halides is 6. The van der Waals surface area contributed by atoms with Crippen LogP contribution in [0.15, 0.2) is 41.1 Å². The lowest BCUT2D eigenvalue weighted by atomic mass is 10.1. The van der Waals surface area contributed by atoms with Crippen LogP contribution >= 0.6 is 0 Å². The van der Waals surface area contributed by atoms with E-state index in [4.69, 9.17) is 0 Å². The third-order valence-corrected chi connectivity index (χ3v) is 8.66. The lowest BCUT2D eigenvalue weighted by Gasteiger charge is -2.28. The zero-order valence-corrected chi connectivity index (χ0v) is 16.0. The van der Waals surface area contributed by atoms with Gasteiger partial charge >= 0.3 is 12.4 Å². The zero-order valence-electron chi connectivity index (χ0n) is 15.0. The molecule has 0 N–H and O–H groups in total. The van der Waals surface area contributed by atoms with Gasteiger partial charge in [0.25, 0.3) is 0 Å². The molecule has 0 fully saturated rings. The molecule has 0 bridgehead atoms. The molecule has 0 spiro atoms. The number of hydrogen-bond donors (Lipinski definition) is 0. The van der Waals surface area contributed by atoms with Crippen molar-refractivity contribution >= 4 is 13.3 Å². The first-order chi connectivity index (χ1) is 11.9. The van der Waals surface area contributed by atoms with Gasteiger partial charge in [0.2, 0.25) is 0 Å². The third-order valence-electron chi connectivity index (χ3n) is 4.89.